The molecule has 0 aliphatic rings. The normalized spacial score (nSPS) is 11.4. The van der Waals surface area contributed by atoms with Gasteiger partial charge in [-0.15, -0.1) is 0 Å². The third-order valence-corrected chi connectivity index (χ3v) is 3.62. The molecule has 2 heterocycles. The predicted octanol–water partition coefficient (Wildman–Crippen LogP) is 4.29. The summed E-state index contributed by atoms with van der Waals surface area (Å²) < 4.78 is 5.29. The van der Waals surface area contributed by atoms with Crippen LogP contribution in [0.25, 0.3) is 22.6 Å². The van der Waals surface area contributed by atoms with Gasteiger partial charge < -0.3 is 9.72 Å². The minimum atomic E-state index is 0.528. The van der Waals surface area contributed by atoms with Crippen molar-refractivity contribution < 1.29 is 4.74 Å². The molecule has 0 unspecified atom stereocenters. The van der Waals surface area contributed by atoms with Gasteiger partial charge >= 0.3 is 0 Å². The molecule has 0 atom stereocenters. The Labute approximate surface area is 132 Å². The first-order valence-corrected chi connectivity index (χ1v) is 6.97. The summed E-state index contributed by atoms with van der Waals surface area (Å²) in [6.07, 6.45) is 6.89. The Balaban J connectivity index is 2.14. The smallest absolute Gasteiger partial charge is 0.129 e. The number of benzene rings is 1. The fourth-order valence-corrected chi connectivity index (χ4v) is 2.51. The van der Waals surface area contributed by atoms with Crippen molar-refractivity contribution in [1.29, 1.82) is 5.26 Å². The van der Waals surface area contributed by atoms with E-state index in [9.17, 15) is 5.26 Å². The van der Waals surface area contributed by atoms with Gasteiger partial charge in [-0.25, -0.2) is 0 Å². The molecule has 3 aromatic rings. The van der Waals surface area contributed by atoms with Crippen LogP contribution in [0.1, 0.15) is 11.1 Å². The van der Waals surface area contributed by atoms with Crippen LogP contribution in [-0.2, 0) is 0 Å². The first-order valence-electron chi connectivity index (χ1n) is 6.59. The quantitative estimate of drug-likeness (QED) is 0.734. The lowest BCUT2D eigenvalue weighted by atomic mass is 10.0. The number of aromatic amines is 1. The number of rotatable bonds is 3. The molecule has 0 aliphatic heterocycles. The van der Waals surface area contributed by atoms with Gasteiger partial charge in [0.15, 0.2) is 0 Å². The maximum Gasteiger partial charge on any atom is 0.129 e. The summed E-state index contributed by atoms with van der Waals surface area (Å²) in [7, 11) is 1.59. The molecule has 22 heavy (non-hydrogen) atoms. The van der Waals surface area contributed by atoms with Gasteiger partial charge in [-0.2, -0.15) is 5.26 Å². The summed E-state index contributed by atoms with van der Waals surface area (Å²) in [6, 6.07) is 9.53. The summed E-state index contributed by atoms with van der Waals surface area (Å²) >= 11 is 5.99. The molecule has 4 nitrogen and oxygen atoms in total. The van der Waals surface area contributed by atoms with Crippen LogP contribution in [0.4, 0.5) is 0 Å². The van der Waals surface area contributed by atoms with E-state index in [1.165, 1.54) is 0 Å². The van der Waals surface area contributed by atoms with Gasteiger partial charge in [0.25, 0.3) is 0 Å². The van der Waals surface area contributed by atoms with E-state index >= 15 is 0 Å². The predicted molar refractivity (Wildman–Crippen MR) is 87.6 cm³/mol. The zero-order valence-electron chi connectivity index (χ0n) is 11.8. The molecular weight excluding hydrogens is 298 g/mol. The maximum absolute atomic E-state index is 9.52. The molecule has 0 radical (unpaired) electrons. The number of allylic oxidation sites excluding steroid dienone is 1. The van der Waals surface area contributed by atoms with Crippen LogP contribution in [-0.4, -0.2) is 17.1 Å². The van der Waals surface area contributed by atoms with Gasteiger partial charge in [0.2, 0.25) is 0 Å². The highest BCUT2D eigenvalue weighted by atomic mass is 35.5. The standard InChI is InChI=1S/C17H12ClN3O/c1-22-17-4-5-20-9-12(17)6-11(8-19)15-10-21-16-7-13(18)2-3-14(15)16/h2-7,9-10,21H,1H3. The van der Waals surface area contributed by atoms with Gasteiger partial charge in [0.1, 0.15) is 5.75 Å². The highest BCUT2D eigenvalue weighted by molar-refractivity contribution is 6.31. The van der Waals surface area contributed by atoms with Crippen molar-refractivity contribution in [3.63, 3.8) is 0 Å². The van der Waals surface area contributed by atoms with E-state index in [4.69, 9.17) is 16.3 Å². The molecule has 1 N–H and O–H groups in total. The lowest BCUT2D eigenvalue weighted by molar-refractivity contribution is 0.413. The van der Waals surface area contributed by atoms with E-state index in [1.54, 1.807) is 43.9 Å². The zero-order valence-corrected chi connectivity index (χ0v) is 12.6. The maximum atomic E-state index is 9.52. The van der Waals surface area contributed by atoms with Crippen molar-refractivity contribution in [3.8, 4) is 11.8 Å². The van der Waals surface area contributed by atoms with Crippen LogP contribution >= 0.6 is 11.6 Å². The van der Waals surface area contributed by atoms with E-state index < -0.39 is 0 Å². The highest BCUT2D eigenvalue weighted by Gasteiger charge is 2.10. The molecule has 0 saturated heterocycles. The monoisotopic (exact) mass is 309 g/mol. The molecular formula is C17H12ClN3O. The third-order valence-electron chi connectivity index (χ3n) is 3.38. The van der Waals surface area contributed by atoms with Crippen molar-refractivity contribution >= 4 is 34.2 Å². The highest BCUT2D eigenvalue weighted by Crippen LogP contribution is 2.29. The van der Waals surface area contributed by atoms with Crippen LogP contribution in [0.2, 0.25) is 5.02 Å². The molecule has 0 bridgehead atoms. The van der Waals surface area contributed by atoms with Crippen LogP contribution in [0.15, 0.2) is 42.9 Å². The summed E-state index contributed by atoms with van der Waals surface area (Å²) in [6.45, 7) is 0. The number of aromatic nitrogens is 2. The Morgan fingerprint density at radius 1 is 1.41 bits per heavy atom. The van der Waals surface area contributed by atoms with E-state index in [0.29, 0.717) is 16.3 Å². The van der Waals surface area contributed by atoms with Gasteiger partial charge in [0, 0.05) is 45.6 Å². The molecule has 5 heteroatoms. The summed E-state index contributed by atoms with van der Waals surface area (Å²) in [4.78, 5) is 7.21. The number of methoxy groups -OCH3 is 1. The molecule has 0 spiro atoms. The van der Waals surface area contributed by atoms with Gasteiger partial charge in [-0.1, -0.05) is 17.7 Å². The lowest BCUT2D eigenvalue weighted by Gasteiger charge is -2.04. The molecule has 108 valence electrons. The van der Waals surface area contributed by atoms with Crippen molar-refractivity contribution in [1.82, 2.24) is 9.97 Å². The Hall–Kier alpha value is -2.77. The summed E-state index contributed by atoms with van der Waals surface area (Å²) in [5.41, 5.74) is 2.99. The average molecular weight is 310 g/mol. The Bertz CT molecular complexity index is 906. The van der Waals surface area contributed by atoms with E-state index in [-0.39, 0.29) is 0 Å². The van der Waals surface area contributed by atoms with Gasteiger partial charge in [-0.3, -0.25) is 4.98 Å². The molecule has 1 aromatic carbocycles. The number of nitrogens with zero attached hydrogens (tertiary/aromatic N) is 2. The second kappa shape index (κ2) is 5.92. The fourth-order valence-electron chi connectivity index (χ4n) is 2.34. The molecule has 2 aromatic heterocycles. The van der Waals surface area contributed by atoms with Crippen LogP contribution in [0.5, 0.6) is 5.75 Å². The first-order chi connectivity index (χ1) is 10.7. The topological polar surface area (TPSA) is 61.7 Å². The number of hydrogen-bond donors (Lipinski definition) is 1. The minimum absolute atomic E-state index is 0.528. The molecule has 0 fully saturated rings. The van der Waals surface area contributed by atoms with Crippen LogP contribution in [0.3, 0.4) is 0 Å². The molecule has 3 rings (SSSR count). The SMILES string of the molecule is COc1ccncc1C=C(C#N)c1c[nH]c2cc(Cl)ccc12. The number of ether oxygens (including phenoxy) is 1. The summed E-state index contributed by atoms with van der Waals surface area (Å²) in [5.74, 6) is 0.672. The van der Waals surface area contributed by atoms with E-state index in [2.05, 4.69) is 16.0 Å². The van der Waals surface area contributed by atoms with Crippen molar-refractivity contribution in [3.05, 3.63) is 59.0 Å². The zero-order chi connectivity index (χ0) is 15.5. The van der Waals surface area contributed by atoms with E-state index in [1.807, 2.05) is 12.1 Å². The second-order valence-corrected chi connectivity index (χ2v) is 5.12. The molecule has 0 amide bonds. The second-order valence-electron chi connectivity index (χ2n) is 4.68. The van der Waals surface area contributed by atoms with E-state index in [0.717, 1.165) is 22.0 Å². The molecule has 0 aliphatic carbocycles. The number of nitriles is 1. The largest absolute Gasteiger partial charge is 0.496 e. The number of pyridine rings is 1. The minimum Gasteiger partial charge on any atom is -0.496 e. The van der Waals surface area contributed by atoms with Gasteiger partial charge in [0.05, 0.1) is 18.8 Å². The van der Waals surface area contributed by atoms with Gasteiger partial charge in [-0.05, 0) is 24.3 Å². The lowest BCUT2D eigenvalue weighted by Crippen LogP contribution is -1.88. The van der Waals surface area contributed by atoms with Crippen molar-refractivity contribution in [2.24, 2.45) is 0 Å². The first kappa shape index (κ1) is 14.2. The Kier molecular flexibility index (Phi) is 3.82. The number of nitrogens with one attached hydrogen (secondary N) is 1. The van der Waals surface area contributed by atoms with Crippen LogP contribution < -0.4 is 4.74 Å². The number of hydrogen-bond acceptors (Lipinski definition) is 3. The Morgan fingerprint density at radius 3 is 3.05 bits per heavy atom. The average Bonchev–Trinajstić information content (AvgIpc) is 2.95. The van der Waals surface area contributed by atoms with Crippen LogP contribution in [0, 0.1) is 11.3 Å². The summed E-state index contributed by atoms with van der Waals surface area (Å²) in [5, 5.41) is 11.1. The number of H-pyrrole nitrogens is 1. The van der Waals surface area contributed by atoms with Crippen molar-refractivity contribution in [2.75, 3.05) is 7.11 Å². The van der Waals surface area contributed by atoms with Crippen molar-refractivity contribution in [2.45, 2.75) is 0 Å². The Morgan fingerprint density at radius 2 is 2.27 bits per heavy atom. The third kappa shape index (κ3) is 2.54. The fraction of sp³-hybridized carbons (Fsp3) is 0.0588. The molecule has 0 saturated carbocycles. The number of fused-ring (bicyclic) bond motifs is 1. The number of halogens is 1.